The molecule has 0 spiro atoms. The summed E-state index contributed by atoms with van der Waals surface area (Å²) in [5, 5.41) is 0.853. The van der Waals surface area contributed by atoms with E-state index in [4.69, 9.17) is 16.0 Å². The van der Waals surface area contributed by atoms with Gasteiger partial charge in [-0.15, -0.1) is 0 Å². The Kier molecular flexibility index (Phi) is 6.63. The monoisotopic (exact) mass is 326 g/mol. The third-order valence-corrected chi connectivity index (χ3v) is 8.99. The Hall–Kier alpha value is -0.643. The number of hydrogen-bond donors (Lipinski definition) is 0. The van der Waals surface area contributed by atoms with Crippen molar-refractivity contribution in [2.45, 2.75) is 58.2 Å². The normalized spacial score (nSPS) is 12.5. The molecule has 0 bridgehead atoms. The second kappa shape index (κ2) is 7.57. The van der Waals surface area contributed by atoms with Gasteiger partial charge in [-0.05, 0) is 43.1 Å². The highest BCUT2D eigenvalue weighted by molar-refractivity contribution is 6.74. The van der Waals surface area contributed by atoms with Crippen LogP contribution < -0.4 is 0 Å². The molecule has 1 aromatic carbocycles. The Morgan fingerprint density at radius 1 is 1.24 bits per heavy atom. The van der Waals surface area contributed by atoms with Crippen molar-refractivity contribution in [2.75, 3.05) is 6.61 Å². The smallest absolute Gasteiger partial charge is 0.191 e. The van der Waals surface area contributed by atoms with Crippen LogP contribution in [0.25, 0.3) is 0 Å². The van der Waals surface area contributed by atoms with E-state index in [2.05, 4.69) is 33.9 Å². The van der Waals surface area contributed by atoms with Crippen molar-refractivity contribution in [2.24, 2.45) is 0 Å². The largest absolute Gasteiger partial charge is 0.417 e. The summed E-state index contributed by atoms with van der Waals surface area (Å²) in [6.45, 7) is 12.0. The maximum absolute atomic E-state index is 12.0. The van der Waals surface area contributed by atoms with Crippen molar-refractivity contribution < 1.29 is 9.22 Å². The highest BCUT2D eigenvalue weighted by atomic mass is 35.5. The lowest BCUT2D eigenvalue weighted by Gasteiger charge is -2.36. The molecule has 0 aliphatic carbocycles. The predicted octanol–water partition coefficient (Wildman–Crippen LogP) is 5.71. The lowest BCUT2D eigenvalue weighted by Crippen LogP contribution is -2.40. The van der Waals surface area contributed by atoms with Crippen molar-refractivity contribution in [3.05, 3.63) is 34.9 Å². The summed E-state index contributed by atoms with van der Waals surface area (Å²) < 4.78 is 6.11. The minimum absolute atomic E-state index is 0.157. The lowest BCUT2D eigenvalue weighted by atomic mass is 10.1. The summed E-state index contributed by atoms with van der Waals surface area (Å²) in [6, 6.07) is 7.15. The van der Waals surface area contributed by atoms with Crippen LogP contribution in [0, 0.1) is 0 Å². The molecule has 0 aliphatic heterocycles. The average molecular weight is 327 g/mol. The van der Waals surface area contributed by atoms with E-state index in [1.165, 1.54) is 0 Å². The van der Waals surface area contributed by atoms with Gasteiger partial charge >= 0.3 is 0 Å². The minimum Gasteiger partial charge on any atom is -0.417 e. The van der Waals surface area contributed by atoms with E-state index in [1.54, 1.807) is 12.1 Å². The van der Waals surface area contributed by atoms with Gasteiger partial charge in [0.15, 0.2) is 14.1 Å². The number of carbonyl (C=O) groups is 1. The van der Waals surface area contributed by atoms with Crippen LogP contribution in [0.1, 0.15) is 50.4 Å². The number of rotatable bonds is 7. The van der Waals surface area contributed by atoms with E-state index in [1.807, 2.05) is 12.1 Å². The molecule has 0 fully saturated rings. The summed E-state index contributed by atoms with van der Waals surface area (Å²) in [4.78, 5) is 12.0. The molecule has 21 heavy (non-hydrogen) atoms. The van der Waals surface area contributed by atoms with Crippen LogP contribution in [-0.4, -0.2) is 20.7 Å². The number of benzene rings is 1. The molecule has 0 radical (unpaired) electrons. The number of halogens is 1. The maximum Gasteiger partial charge on any atom is 0.191 e. The number of carbonyl (C=O) groups excluding carboxylic acids is 1. The Balaban J connectivity index is 2.31. The SMILES string of the molecule is CC(C)(C)[Si](C)(C)OCCCCC(=O)c1cccc(Cl)c1. The zero-order valence-electron chi connectivity index (χ0n) is 13.8. The first-order chi connectivity index (χ1) is 9.63. The molecule has 0 N–H and O–H groups in total. The van der Waals surface area contributed by atoms with Gasteiger partial charge in [0.25, 0.3) is 0 Å². The van der Waals surface area contributed by atoms with Gasteiger partial charge in [-0.3, -0.25) is 4.79 Å². The van der Waals surface area contributed by atoms with E-state index < -0.39 is 8.32 Å². The highest BCUT2D eigenvalue weighted by Gasteiger charge is 2.36. The summed E-state index contributed by atoms with van der Waals surface area (Å²) in [7, 11) is -1.66. The van der Waals surface area contributed by atoms with Crippen LogP contribution in [0.3, 0.4) is 0 Å². The Labute approximate surface area is 135 Å². The van der Waals surface area contributed by atoms with E-state index in [0.29, 0.717) is 17.0 Å². The standard InChI is InChI=1S/C17H27ClO2Si/c1-17(2,3)21(4,5)20-12-7-6-11-16(19)14-9-8-10-15(18)13-14/h8-10,13H,6-7,11-12H2,1-5H3. The second-order valence-corrected chi connectivity index (χ2v) is 12.2. The van der Waals surface area contributed by atoms with Crippen LogP contribution >= 0.6 is 11.6 Å². The molecule has 0 aliphatic rings. The molecule has 1 rings (SSSR count). The van der Waals surface area contributed by atoms with Crippen LogP contribution in [-0.2, 0) is 4.43 Å². The lowest BCUT2D eigenvalue weighted by molar-refractivity contribution is 0.0977. The van der Waals surface area contributed by atoms with Gasteiger partial charge in [0.05, 0.1) is 0 Å². The minimum atomic E-state index is -1.66. The Morgan fingerprint density at radius 3 is 2.48 bits per heavy atom. The molecule has 4 heteroatoms. The van der Waals surface area contributed by atoms with E-state index in [0.717, 1.165) is 19.4 Å². The van der Waals surface area contributed by atoms with Gasteiger partial charge in [0, 0.05) is 23.6 Å². The van der Waals surface area contributed by atoms with Crippen molar-refractivity contribution in [1.82, 2.24) is 0 Å². The molecule has 0 amide bonds. The molecular formula is C17H27ClO2Si. The van der Waals surface area contributed by atoms with E-state index >= 15 is 0 Å². The van der Waals surface area contributed by atoms with Crippen LogP contribution in [0.15, 0.2) is 24.3 Å². The van der Waals surface area contributed by atoms with Gasteiger partial charge in [0.2, 0.25) is 0 Å². The third-order valence-electron chi connectivity index (χ3n) is 4.21. The topological polar surface area (TPSA) is 26.3 Å². The summed E-state index contributed by atoms with van der Waals surface area (Å²) in [5.41, 5.74) is 0.702. The molecule has 0 saturated carbocycles. The van der Waals surface area contributed by atoms with Crippen molar-refractivity contribution >= 4 is 25.7 Å². The number of unbranched alkanes of at least 4 members (excludes halogenated alkanes) is 1. The van der Waals surface area contributed by atoms with Gasteiger partial charge in [0.1, 0.15) is 0 Å². The number of ketones is 1. The van der Waals surface area contributed by atoms with Gasteiger partial charge < -0.3 is 4.43 Å². The van der Waals surface area contributed by atoms with Crippen LogP contribution in [0.4, 0.5) is 0 Å². The summed E-state index contributed by atoms with van der Waals surface area (Å²) in [5.74, 6) is 0.157. The molecule has 0 aromatic heterocycles. The van der Waals surface area contributed by atoms with Gasteiger partial charge in [-0.2, -0.15) is 0 Å². The number of Topliss-reactive ketones (excluding diaryl/α,β-unsaturated/α-hetero) is 1. The van der Waals surface area contributed by atoms with E-state index in [9.17, 15) is 4.79 Å². The second-order valence-electron chi connectivity index (χ2n) is 7.00. The van der Waals surface area contributed by atoms with Gasteiger partial charge in [-0.25, -0.2) is 0 Å². The van der Waals surface area contributed by atoms with Crippen LogP contribution in [0.2, 0.25) is 23.2 Å². The van der Waals surface area contributed by atoms with Crippen molar-refractivity contribution in [3.8, 4) is 0 Å². The summed E-state index contributed by atoms with van der Waals surface area (Å²) >= 11 is 5.90. The van der Waals surface area contributed by atoms with Crippen molar-refractivity contribution in [3.63, 3.8) is 0 Å². The fourth-order valence-electron chi connectivity index (χ4n) is 1.74. The molecular weight excluding hydrogens is 300 g/mol. The predicted molar refractivity (Wildman–Crippen MR) is 92.8 cm³/mol. The molecule has 1 aromatic rings. The zero-order chi connectivity index (χ0) is 16.1. The summed E-state index contributed by atoms with van der Waals surface area (Å²) in [6.07, 6.45) is 2.35. The molecule has 0 atom stereocenters. The van der Waals surface area contributed by atoms with Crippen LogP contribution in [0.5, 0.6) is 0 Å². The first kappa shape index (κ1) is 18.4. The maximum atomic E-state index is 12.0. The average Bonchev–Trinajstić information content (AvgIpc) is 2.36. The molecule has 0 heterocycles. The molecule has 2 nitrogen and oxygen atoms in total. The Bertz CT molecular complexity index is 478. The molecule has 0 unspecified atom stereocenters. The molecule has 118 valence electrons. The Morgan fingerprint density at radius 2 is 1.90 bits per heavy atom. The third kappa shape index (κ3) is 5.93. The fraction of sp³-hybridized carbons (Fsp3) is 0.588. The van der Waals surface area contributed by atoms with E-state index in [-0.39, 0.29) is 10.8 Å². The van der Waals surface area contributed by atoms with Crippen molar-refractivity contribution in [1.29, 1.82) is 0 Å². The first-order valence-corrected chi connectivity index (χ1v) is 10.8. The zero-order valence-corrected chi connectivity index (χ0v) is 15.6. The molecule has 0 saturated heterocycles. The van der Waals surface area contributed by atoms with Gasteiger partial charge in [-0.1, -0.05) is 44.5 Å². The first-order valence-electron chi connectivity index (χ1n) is 7.56. The number of hydrogen-bond acceptors (Lipinski definition) is 2. The fourth-order valence-corrected chi connectivity index (χ4v) is 3.02. The highest BCUT2D eigenvalue weighted by Crippen LogP contribution is 2.36. The quantitative estimate of drug-likeness (QED) is 0.364.